The zero-order valence-electron chi connectivity index (χ0n) is 14.8. The second-order valence-electron chi connectivity index (χ2n) is 6.40. The van der Waals surface area contributed by atoms with Gasteiger partial charge in [0.25, 0.3) is 5.91 Å². The summed E-state index contributed by atoms with van der Waals surface area (Å²) < 4.78 is 0. The third kappa shape index (κ3) is 3.87. The minimum atomic E-state index is -0.133. The first-order chi connectivity index (χ1) is 13.3. The Hall–Kier alpha value is -3.47. The standard InChI is InChI=1S/C22H20N4O/c27-22(24-16-17-11-13-23-14-12-17)20-15-21(18-7-3-1-4-8-18)26(25-20)19-9-5-2-6-10-19/h1-14,21H,15-16H2,(H,24,27). The Morgan fingerprint density at radius 2 is 1.63 bits per heavy atom. The van der Waals surface area contributed by atoms with Crippen LogP contribution in [0.2, 0.25) is 0 Å². The molecule has 1 aliphatic heterocycles. The third-order valence-electron chi connectivity index (χ3n) is 4.58. The van der Waals surface area contributed by atoms with Crippen molar-refractivity contribution in [3.63, 3.8) is 0 Å². The highest BCUT2D eigenvalue weighted by molar-refractivity contribution is 6.39. The van der Waals surface area contributed by atoms with E-state index >= 15 is 0 Å². The van der Waals surface area contributed by atoms with Crippen LogP contribution >= 0.6 is 0 Å². The van der Waals surface area contributed by atoms with E-state index in [1.54, 1.807) is 12.4 Å². The lowest BCUT2D eigenvalue weighted by molar-refractivity contribution is -0.115. The first-order valence-electron chi connectivity index (χ1n) is 8.95. The van der Waals surface area contributed by atoms with Crippen molar-refractivity contribution in [2.45, 2.75) is 19.0 Å². The van der Waals surface area contributed by atoms with Crippen LogP contribution in [0.25, 0.3) is 0 Å². The third-order valence-corrected chi connectivity index (χ3v) is 4.58. The van der Waals surface area contributed by atoms with E-state index in [4.69, 9.17) is 0 Å². The average molecular weight is 356 g/mol. The summed E-state index contributed by atoms with van der Waals surface area (Å²) in [5.74, 6) is -0.133. The van der Waals surface area contributed by atoms with Gasteiger partial charge in [0.1, 0.15) is 5.71 Å². The fourth-order valence-electron chi connectivity index (χ4n) is 3.19. The minimum absolute atomic E-state index is 0.00951. The van der Waals surface area contributed by atoms with Crippen LogP contribution in [-0.4, -0.2) is 16.6 Å². The van der Waals surface area contributed by atoms with E-state index in [0.717, 1.165) is 16.8 Å². The van der Waals surface area contributed by atoms with Gasteiger partial charge in [0, 0.05) is 25.4 Å². The number of nitrogens with zero attached hydrogens (tertiary/aromatic N) is 3. The van der Waals surface area contributed by atoms with Crippen molar-refractivity contribution >= 4 is 17.3 Å². The van der Waals surface area contributed by atoms with Gasteiger partial charge in [-0.25, -0.2) is 0 Å². The predicted molar refractivity (Wildman–Crippen MR) is 106 cm³/mol. The highest BCUT2D eigenvalue weighted by Gasteiger charge is 2.32. The molecule has 0 fully saturated rings. The number of nitrogens with one attached hydrogen (secondary N) is 1. The van der Waals surface area contributed by atoms with Gasteiger partial charge in [0.15, 0.2) is 0 Å². The summed E-state index contributed by atoms with van der Waals surface area (Å²) in [6.45, 7) is 0.460. The van der Waals surface area contributed by atoms with Gasteiger partial charge in [-0.15, -0.1) is 0 Å². The van der Waals surface area contributed by atoms with Gasteiger partial charge in [-0.2, -0.15) is 5.10 Å². The van der Waals surface area contributed by atoms with Gasteiger partial charge < -0.3 is 5.32 Å². The van der Waals surface area contributed by atoms with Crippen LogP contribution in [0.4, 0.5) is 5.69 Å². The summed E-state index contributed by atoms with van der Waals surface area (Å²) >= 11 is 0. The molecule has 0 saturated carbocycles. The molecule has 1 atom stereocenters. The van der Waals surface area contributed by atoms with Crippen LogP contribution < -0.4 is 10.3 Å². The van der Waals surface area contributed by atoms with Gasteiger partial charge in [-0.3, -0.25) is 14.8 Å². The number of hydrogen-bond acceptors (Lipinski definition) is 4. The molecule has 2 heterocycles. The minimum Gasteiger partial charge on any atom is -0.347 e. The van der Waals surface area contributed by atoms with E-state index in [1.165, 1.54) is 0 Å². The summed E-state index contributed by atoms with van der Waals surface area (Å²) in [7, 11) is 0. The Labute approximate surface area is 158 Å². The number of carbonyl (C=O) groups excluding carboxylic acids is 1. The Morgan fingerprint density at radius 1 is 0.963 bits per heavy atom. The number of amides is 1. The molecule has 0 spiro atoms. The number of hydrazone groups is 1. The van der Waals surface area contributed by atoms with Crippen LogP contribution in [0, 0.1) is 0 Å². The van der Waals surface area contributed by atoms with E-state index in [2.05, 4.69) is 27.5 Å². The first kappa shape index (κ1) is 17.0. The molecule has 134 valence electrons. The molecule has 27 heavy (non-hydrogen) atoms. The largest absolute Gasteiger partial charge is 0.347 e. The zero-order valence-corrected chi connectivity index (χ0v) is 14.8. The number of aromatic nitrogens is 1. The second kappa shape index (κ2) is 7.83. The molecule has 4 rings (SSSR count). The zero-order chi connectivity index (χ0) is 18.5. The number of carbonyl (C=O) groups is 1. The predicted octanol–water partition coefficient (Wildman–Crippen LogP) is 3.71. The Bertz CT molecular complexity index is 926. The van der Waals surface area contributed by atoms with E-state index in [0.29, 0.717) is 18.7 Å². The van der Waals surface area contributed by atoms with Crippen molar-refractivity contribution in [1.82, 2.24) is 10.3 Å². The lowest BCUT2D eigenvalue weighted by atomic mass is 10.0. The van der Waals surface area contributed by atoms with Gasteiger partial charge in [-0.1, -0.05) is 48.5 Å². The summed E-state index contributed by atoms with van der Waals surface area (Å²) in [5, 5.41) is 9.56. The average Bonchev–Trinajstić information content (AvgIpc) is 3.20. The topological polar surface area (TPSA) is 57.6 Å². The number of benzene rings is 2. The highest BCUT2D eigenvalue weighted by atomic mass is 16.2. The Morgan fingerprint density at radius 3 is 2.33 bits per heavy atom. The van der Waals surface area contributed by atoms with Crippen molar-refractivity contribution in [2.75, 3.05) is 5.01 Å². The van der Waals surface area contributed by atoms with Crippen molar-refractivity contribution < 1.29 is 4.79 Å². The number of rotatable bonds is 5. The van der Waals surface area contributed by atoms with Crippen LogP contribution in [0.15, 0.2) is 90.3 Å². The summed E-state index contributed by atoms with van der Waals surface area (Å²) in [4.78, 5) is 16.7. The number of hydrogen-bond donors (Lipinski definition) is 1. The Balaban J connectivity index is 1.55. The van der Waals surface area contributed by atoms with E-state index in [1.807, 2.05) is 65.7 Å². The summed E-state index contributed by atoms with van der Waals surface area (Å²) in [6.07, 6.45) is 4.01. The number of para-hydroxylation sites is 1. The molecule has 5 heteroatoms. The molecule has 5 nitrogen and oxygen atoms in total. The maximum Gasteiger partial charge on any atom is 0.267 e. The smallest absolute Gasteiger partial charge is 0.267 e. The molecule has 0 radical (unpaired) electrons. The van der Waals surface area contributed by atoms with Gasteiger partial charge >= 0.3 is 0 Å². The first-order valence-corrected chi connectivity index (χ1v) is 8.95. The molecule has 1 aromatic heterocycles. The molecule has 1 unspecified atom stereocenters. The van der Waals surface area contributed by atoms with E-state index < -0.39 is 0 Å². The van der Waals surface area contributed by atoms with Crippen molar-refractivity contribution in [3.05, 3.63) is 96.3 Å². The maximum atomic E-state index is 12.7. The molecule has 1 N–H and O–H groups in total. The van der Waals surface area contributed by atoms with Crippen LogP contribution in [0.3, 0.4) is 0 Å². The molecule has 0 aliphatic carbocycles. The normalized spacial score (nSPS) is 16.1. The Kier molecular flexibility index (Phi) is 4.92. The quantitative estimate of drug-likeness (QED) is 0.758. The molecule has 2 aromatic carbocycles. The molecular weight excluding hydrogens is 336 g/mol. The van der Waals surface area contributed by atoms with Gasteiger partial charge in [0.2, 0.25) is 0 Å². The molecule has 0 saturated heterocycles. The SMILES string of the molecule is O=C(NCc1ccncc1)C1=NN(c2ccccc2)C(c2ccccc2)C1. The molecule has 3 aromatic rings. The highest BCUT2D eigenvalue weighted by Crippen LogP contribution is 2.34. The van der Waals surface area contributed by atoms with Crippen molar-refractivity contribution in [2.24, 2.45) is 5.10 Å². The monoisotopic (exact) mass is 356 g/mol. The maximum absolute atomic E-state index is 12.7. The van der Waals surface area contributed by atoms with E-state index in [9.17, 15) is 4.79 Å². The molecular formula is C22H20N4O. The molecule has 1 aliphatic rings. The van der Waals surface area contributed by atoms with Crippen LogP contribution in [0.5, 0.6) is 0 Å². The van der Waals surface area contributed by atoms with Gasteiger partial charge in [-0.05, 0) is 35.4 Å². The van der Waals surface area contributed by atoms with Crippen molar-refractivity contribution in [3.8, 4) is 0 Å². The van der Waals surface area contributed by atoms with Gasteiger partial charge in [0.05, 0.1) is 11.7 Å². The number of pyridine rings is 1. The molecule has 0 bridgehead atoms. The van der Waals surface area contributed by atoms with Crippen LogP contribution in [0.1, 0.15) is 23.6 Å². The molecule has 1 amide bonds. The van der Waals surface area contributed by atoms with Crippen molar-refractivity contribution in [1.29, 1.82) is 0 Å². The van der Waals surface area contributed by atoms with Crippen LogP contribution in [-0.2, 0) is 11.3 Å². The lowest BCUT2D eigenvalue weighted by Crippen LogP contribution is -2.29. The fraction of sp³-hybridized carbons (Fsp3) is 0.136. The van der Waals surface area contributed by atoms with E-state index in [-0.39, 0.29) is 11.9 Å². The second-order valence-corrected chi connectivity index (χ2v) is 6.40. The summed E-state index contributed by atoms with van der Waals surface area (Å²) in [5.41, 5.74) is 3.67. The fourth-order valence-corrected chi connectivity index (χ4v) is 3.19. The lowest BCUT2D eigenvalue weighted by Gasteiger charge is -2.23. The number of anilines is 1. The summed E-state index contributed by atoms with van der Waals surface area (Å²) in [6, 6.07) is 23.9.